The summed E-state index contributed by atoms with van der Waals surface area (Å²) in [6.07, 6.45) is 3.05. The molecule has 1 atom stereocenters. The van der Waals surface area contributed by atoms with Crippen molar-refractivity contribution in [3.63, 3.8) is 0 Å². The molecule has 2 heterocycles. The zero-order valence-electron chi connectivity index (χ0n) is 9.79. The Kier molecular flexibility index (Phi) is 3.45. The summed E-state index contributed by atoms with van der Waals surface area (Å²) in [5.74, 6) is -0.991. The second-order valence-corrected chi connectivity index (χ2v) is 4.91. The van der Waals surface area contributed by atoms with Gasteiger partial charge in [0.25, 0.3) is 0 Å². The Labute approximate surface area is 120 Å². The summed E-state index contributed by atoms with van der Waals surface area (Å²) in [6.45, 7) is 2.33. The molecule has 1 aliphatic rings. The summed E-state index contributed by atoms with van der Waals surface area (Å²) in [6, 6.07) is 5.20. The number of hydrogen-bond acceptors (Lipinski definition) is 4. The molecule has 1 unspecified atom stereocenters. The van der Waals surface area contributed by atoms with E-state index in [1.165, 1.54) is 6.33 Å². The van der Waals surface area contributed by atoms with Crippen LogP contribution in [0, 0.1) is 6.61 Å². The number of ether oxygens (including phenoxy) is 2. The Morgan fingerprint density at radius 3 is 2.89 bits per heavy atom. The number of aromatic nitrogens is 3. The fourth-order valence-electron chi connectivity index (χ4n) is 2.01. The van der Waals surface area contributed by atoms with Gasteiger partial charge in [-0.2, -0.15) is 5.10 Å². The van der Waals surface area contributed by atoms with Crippen molar-refractivity contribution in [2.24, 2.45) is 0 Å². The molecule has 0 N–H and O–H groups in total. The van der Waals surface area contributed by atoms with Crippen molar-refractivity contribution in [1.82, 2.24) is 14.8 Å². The van der Waals surface area contributed by atoms with Crippen LogP contribution in [0.25, 0.3) is 0 Å². The van der Waals surface area contributed by atoms with Crippen molar-refractivity contribution in [2.75, 3.05) is 6.61 Å². The van der Waals surface area contributed by atoms with E-state index in [4.69, 9.17) is 32.7 Å². The molecule has 1 fully saturated rings. The zero-order valence-corrected chi connectivity index (χ0v) is 11.3. The van der Waals surface area contributed by atoms with Gasteiger partial charge in [0, 0.05) is 10.6 Å². The third-order valence-corrected chi connectivity index (χ3v) is 3.38. The van der Waals surface area contributed by atoms with Gasteiger partial charge in [-0.3, -0.25) is 0 Å². The van der Waals surface area contributed by atoms with Gasteiger partial charge >= 0.3 is 0 Å². The number of hydrogen-bond donors (Lipinski definition) is 0. The largest absolute Gasteiger partial charge is 0.342 e. The first-order chi connectivity index (χ1) is 9.20. The van der Waals surface area contributed by atoms with Gasteiger partial charge in [-0.1, -0.05) is 29.3 Å². The molecule has 1 aromatic carbocycles. The Bertz CT molecular complexity index is 568. The Hall–Kier alpha value is -1.14. The zero-order chi connectivity index (χ0) is 13.3. The topological polar surface area (TPSA) is 49.2 Å². The summed E-state index contributed by atoms with van der Waals surface area (Å²) < 4.78 is 13.0. The van der Waals surface area contributed by atoms with Gasteiger partial charge in [-0.05, 0) is 12.1 Å². The van der Waals surface area contributed by atoms with Crippen LogP contribution in [-0.4, -0.2) is 21.4 Å². The number of rotatable bonds is 3. The molecule has 1 radical (unpaired) electrons. The molecular weight excluding hydrogens is 289 g/mol. The molecule has 2 aromatic rings. The van der Waals surface area contributed by atoms with Gasteiger partial charge < -0.3 is 9.47 Å². The lowest BCUT2D eigenvalue weighted by molar-refractivity contribution is -0.170. The van der Waals surface area contributed by atoms with Crippen LogP contribution in [0.2, 0.25) is 10.0 Å². The minimum Gasteiger partial charge on any atom is -0.342 e. The van der Waals surface area contributed by atoms with E-state index < -0.39 is 5.79 Å². The maximum absolute atomic E-state index is 6.24. The molecule has 1 aromatic heterocycles. The van der Waals surface area contributed by atoms with Crippen molar-refractivity contribution in [1.29, 1.82) is 0 Å². The van der Waals surface area contributed by atoms with E-state index in [1.54, 1.807) is 35.8 Å². The average Bonchev–Trinajstić information content (AvgIpc) is 3.02. The smallest absolute Gasteiger partial charge is 0.217 e. The molecule has 1 saturated heterocycles. The van der Waals surface area contributed by atoms with Crippen LogP contribution in [-0.2, 0) is 21.8 Å². The lowest BCUT2D eigenvalue weighted by Gasteiger charge is -2.28. The maximum Gasteiger partial charge on any atom is 0.217 e. The summed E-state index contributed by atoms with van der Waals surface area (Å²) in [7, 11) is 0. The molecule has 0 spiro atoms. The fraction of sp³-hybridized carbons (Fsp3) is 0.250. The standard InChI is InChI=1S/C12H10Cl2N3O2/c13-9-1-2-10(11(14)5-9)12(18-3-4-19-12)6-17-8-15-7-16-17/h1-3,5,7-8H,4,6H2. The van der Waals surface area contributed by atoms with Gasteiger partial charge in [0.2, 0.25) is 5.79 Å². The average molecular weight is 299 g/mol. The maximum atomic E-state index is 6.24. The van der Waals surface area contributed by atoms with Crippen molar-refractivity contribution in [3.05, 3.63) is 53.1 Å². The number of nitrogens with zero attached hydrogens (tertiary/aromatic N) is 3. The molecule has 1 aliphatic heterocycles. The molecule has 0 amide bonds. The van der Waals surface area contributed by atoms with Crippen LogP contribution < -0.4 is 0 Å². The predicted molar refractivity (Wildman–Crippen MR) is 69.5 cm³/mol. The minimum atomic E-state index is -0.991. The van der Waals surface area contributed by atoms with Crippen LogP contribution in [0.15, 0.2) is 30.9 Å². The van der Waals surface area contributed by atoms with Gasteiger partial charge in [0.1, 0.15) is 25.8 Å². The molecule has 19 heavy (non-hydrogen) atoms. The van der Waals surface area contributed by atoms with E-state index in [-0.39, 0.29) is 0 Å². The molecule has 0 saturated carbocycles. The van der Waals surface area contributed by atoms with Crippen LogP contribution in [0.4, 0.5) is 0 Å². The molecule has 0 aliphatic carbocycles. The molecular formula is C12H10Cl2N3O2. The van der Waals surface area contributed by atoms with E-state index in [0.29, 0.717) is 28.8 Å². The van der Waals surface area contributed by atoms with Gasteiger partial charge in [0.05, 0.1) is 11.6 Å². The van der Waals surface area contributed by atoms with Crippen molar-refractivity contribution in [3.8, 4) is 0 Å². The van der Waals surface area contributed by atoms with Crippen molar-refractivity contribution >= 4 is 23.2 Å². The van der Waals surface area contributed by atoms with E-state index in [9.17, 15) is 0 Å². The molecule has 3 rings (SSSR count). The fourth-order valence-corrected chi connectivity index (χ4v) is 2.56. The summed E-state index contributed by atoms with van der Waals surface area (Å²) in [5.41, 5.74) is 0.711. The summed E-state index contributed by atoms with van der Waals surface area (Å²) in [4.78, 5) is 3.90. The first kappa shape index (κ1) is 12.9. The Morgan fingerprint density at radius 2 is 2.26 bits per heavy atom. The SMILES string of the molecule is Clc1ccc(C2(Cn3cncn3)O[CH]CO2)c(Cl)c1. The van der Waals surface area contributed by atoms with E-state index in [1.807, 2.05) is 0 Å². The quantitative estimate of drug-likeness (QED) is 0.874. The van der Waals surface area contributed by atoms with Crippen LogP contribution in [0.1, 0.15) is 5.56 Å². The molecule has 7 heteroatoms. The van der Waals surface area contributed by atoms with Gasteiger partial charge in [-0.15, -0.1) is 0 Å². The molecule has 5 nitrogen and oxygen atoms in total. The first-order valence-corrected chi connectivity index (χ1v) is 6.37. The van der Waals surface area contributed by atoms with Crippen LogP contribution in [0.3, 0.4) is 0 Å². The number of halogens is 2. The van der Waals surface area contributed by atoms with E-state index in [2.05, 4.69) is 10.1 Å². The Balaban J connectivity index is 2.00. The molecule has 99 valence electrons. The Morgan fingerprint density at radius 1 is 1.37 bits per heavy atom. The number of benzene rings is 1. The van der Waals surface area contributed by atoms with Crippen molar-refractivity contribution < 1.29 is 9.47 Å². The monoisotopic (exact) mass is 298 g/mol. The van der Waals surface area contributed by atoms with E-state index in [0.717, 1.165) is 0 Å². The van der Waals surface area contributed by atoms with Crippen LogP contribution in [0.5, 0.6) is 0 Å². The normalized spacial score (nSPS) is 17.8. The second-order valence-electron chi connectivity index (χ2n) is 4.07. The highest BCUT2D eigenvalue weighted by Crippen LogP contribution is 2.39. The lowest BCUT2D eigenvalue weighted by atomic mass is 10.1. The highest BCUT2D eigenvalue weighted by Gasteiger charge is 2.41. The highest BCUT2D eigenvalue weighted by molar-refractivity contribution is 6.35. The van der Waals surface area contributed by atoms with Crippen molar-refractivity contribution in [2.45, 2.75) is 12.3 Å². The third-order valence-electron chi connectivity index (χ3n) is 2.84. The predicted octanol–water partition coefficient (Wildman–Crippen LogP) is 2.65. The van der Waals surface area contributed by atoms with Gasteiger partial charge in [-0.25, -0.2) is 9.67 Å². The lowest BCUT2D eigenvalue weighted by Crippen LogP contribution is -2.33. The van der Waals surface area contributed by atoms with Gasteiger partial charge in [0.15, 0.2) is 0 Å². The molecule has 0 bridgehead atoms. The van der Waals surface area contributed by atoms with Crippen LogP contribution >= 0.6 is 23.2 Å². The summed E-state index contributed by atoms with van der Waals surface area (Å²) >= 11 is 12.1. The second kappa shape index (κ2) is 5.09. The first-order valence-electron chi connectivity index (χ1n) is 5.61. The summed E-state index contributed by atoms with van der Waals surface area (Å²) in [5, 5.41) is 5.11. The van der Waals surface area contributed by atoms with E-state index >= 15 is 0 Å². The highest BCUT2D eigenvalue weighted by atomic mass is 35.5. The third kappa shape index (κ3) is 2.47. The minimum absolute atomic E-state index is 0.352.